The lowest BCUT2D eigenvalue weighted by atomic mass is 10.0. The third-order valence-corrected chi connectivity index (χ3v) is 3.33. The highest BCUT2D eigenvalue weighted by molar-refractivity contribution is 5.94. The van der Waals surface area contributed by atoms with Crippen molar-refractivity contribution in [1.82, 2.24) is 0 Å². The fourth-order valence-corrected chi connectivity index (χ4v) is 2.09. The van der Waals surface area contributed by atoms with Crippen molar-refractivity contribution in [1.29, 1.82) is 0 Å². The van der Waals surface area contributed by atoms with Crippen LogP contribution in [0.15, 0.2) is 48.5 Å². The summed E-state index contributed by atoms with van der Waals surface area (Å²) in [6, 6.07) is 13.3. The zero-order valence-corrected chi connectivity index (χ0v) is 13.0. The van der Waals surface area contributed by atoms with Gasteiger partial charge in [-0.3, -0.25) is 4.79 Å². The number of anilines is 1. The zero-order chi connectivity index (χ0) is 16.1. The first kappa shape index (κ1) is 16.0. The van der Waals surface area contributed by atoms with E-state index >= 15 is 0 Å². The number of carbonyl (C=O) groups excluding carboxylic acids is 1. The second-order valence-corrected chi connectivity index (χ2v) is 5.45. The minimum Gasteiger partial charge on any atom is -0.481 e. The number of hydrogen-bond donors (Lipinski definition) is 1. The molecule has 2 rings (SSSR count). The standard InChI is InChI=1S/C18H20FNO2/c1-12(2)16-6-4-5-7-17(16)22-13(3)18(21)20-15-10-8-14(19)9-11-15/h4-13H,1-3H3,(H,20,21)/t13-/m1/s1. The summed E-state index contributed by atoms with van der Waals surface area (Å²) in [5.74, 6) is 0.404. The molecule has 0 radical (unpaired) electrons. The second kappa shape index (κ2) is 7.07. The Morgan fingerprint density at radius 1 is 1.05 bits per heavy atom. The average Bonchev–Trinajstić information content (AvgIpc) is 2.49. The van der Waals surface area contributed by atoms with Crippen LogP contribution in [0.5, 0.6) is 5.75 Å². The van der Waals surface area contributed by atoms with Crippen LogP contribution in [0.25, 0.3) is 0 Å². The summed E-state index contributed by atoms with van der Waals surface area (Å²) in [5.41, 5.74) is 1.60. The summed E-state index contributed by atoms with van der Waals surface area (Å²) >= 11 is 0. The highest BCUT2D eigenvalue weighted by atomic mass is 19.1. The van der Waals surface area contributed by atoms with Gasteiger partial charge in [0.15, 0.2) is 6.10 Å². The Balaban J connectivity index is 2.04. The highest BCUT2D eigenvalue weighted by Gasteiger charge is 2.17. The third kappa shape index (κ3) is 4.07. The van der Waals surface area contributed by atoms with E-state index in [-0.39, 0.29) is 11.7 Å². The Hall–Kier alpha value is -2.36. The summed E-state index contributed by atoms with van der Waals surface area (Å²) in [5, 5.41) is 2.71. The minimum absolute atomic E-state index is 0.273. The second-order valence-electron chi connectivity index (χ2n) is 5.45. The average molecular weight is 301 g/mol. The molecule has 1 atom stereocenters. The summed E-state index contributed by atoms with van der Waals surface area (Å²) < 4.78 is 18.6. The Bertz CT molecular complexity index is 638. The number of para-hydroxylation sites is 1. The molecule has 0 unspecified atom stereocenters. The molecule has 116 valence electrons. The first-order valence-electron chi connectivity index (χ1n) is 7.29. The number of carbonyl (C=O) groups is 1. The molecule has 2 aromatic rings. The van der Waals surface area contributed by atoms with Crippen molar-refractivity contribution in [3.05, 3.63) is 59.9 Å². The minimum atomic E-state index is -0.648. The fourth-order valence-electron chi connectivity index (χ4n) is 2.09. The first-order valence-corrected chi connectivity index (χ1v) is 7.29. The SMILES string of the molecule is CC(C)c1ccccc1O[C@H](C)C(=O)Nc1ccc(F)cc1. The van der Waals surface area contributed by atoms with E-state index in [1.54, 1.807) is 6.92 Å². The predicted molar refractivity (Wildman–Crippen MR) is 85.7 cm³/mol. The molecule has 3 nitrogen and oxygen atoms in total. The van der Waals surface area contributed by atoms with Crippen molar-refractivity contribution in [3.63, 3.8) is 0 Å². The number of rotatable bonds is 5. The quantitative estimate of drug-likeness (QED) is 0.891. The van der Waals surface area contributed by atoms with Gasteiger partial charge in [0.1, 0.15) is 11.6 Å². The Morgan fingerprint density at radius 3 is 2.32 bits per heavy atom. The molecule has 22 heavy (non-hydrogen) atoms. The molecule has 1 amide bonds. The van der Waals surface area contributed by atoms with E-state index in [0.717, 1.165) is 5.56 Å². The predicted octanol–water partition coefficient (Wildman–Crippen LogP) is 4.36. The number of halogens is 1. The number of ether oxygens (including phenoxy) is 1. The summed E-state index contributed by atoms with van der Waals surface area (Å²) in [6.07, 6.45) is -0.648. The maximum Gasteiger partial charge on any atom is 0.265 e. The van der Waals surface area contributed by atoms with E-state index in [1.807, 2.05) is 24.3 Å². The maximum atomic E-state index is 12.9. The van der Waals surface area contributed by atoms with E-state index < -0.39 is 6.10 Å². The first-order chi connectivity index (χ1) is 10.5. The van der Waals surface area contributed by atoms with Crippen molar-refractivity contribution >= 4 is 11.6 Å². The van der Waals surface area contributed by atoms with Gasteiger partial charge in [-0.2, -0.15) is 0 Å². The Kier molecular flexibility index (Phi) is 5.15. The van der Waals surface area contributed by atoms with Crippen molar-refractivity contribution in [3.8, 4) is 5.75 Å². The lowest BCUT2D eigenvalue weighted by Gasteiger charge is -2.18. The third-order valence-electron chi connectivity index (χ3n) is 3.33. The van der Waals surface area contributed by atoms with Crippen LogP contribution in [-0.2, 0) is 4.79 Å². The Morgan fingerprint density at radius 2 is 1.68 bits per heavy atom. The van der Waals surface area contributed by atoms with Gasteiger partial charge >= 0.3 is 0 Å². The monoisotopic (exact) mass is 301 g/mol. The van der Waals surface area contributed by atoms with Crippen molar-refractivity contribution in [2.75, 3.05) is 5.32 Å². The Labute approximate surface area is 130 Å². The van der Waals surface area contributed by atoms with Gasteiger partial charge < -0.3 is 10.1 Å². The molecular weight excluding hydrogens is 281 g/mol. The van der Waals surface area contributed by atoms with E-state index in [0.29, 0.717) is 17.4 Å². The molecule has 1 N–H and O–H groups in total. The molecule has 4 heteroatoms. The largest absolute Gasteiger partial charge is 0.481 e. The molecule has 0 saturated carbocycles. The lowest BCUT2D eigenvalue weighted by molar-refractivity contribution is -0.122. The molecule has 0 aliphatic heterocycles. The molecule has 0 aliphatic carbocycles. The van der Waals surface area contributed by atoms with Crippen LogP contribution in [0.3, 0.4) is 0 Å². The molecular formula is C18H20FNO2. The maximum absolute atomic E-state index is 12.9. The van der Waals surface area contributed by atoms with Gasteiger partial charge in [-0.05, 0) is 48.7 Å². The fraction of sp³-hybridized carbons (Fsp3) is 0.278. The van der Waals surface area contributed by atoms with E-state index in [1.165, 1.54) is 24.3 Å². The summed E-state index contributed by atoms with van der Waals surface area (Å²) in [6.45, 7) is 5.84. The van der Waals surface area contributed by atoms with Crippen LogP contribution in [0.2, 0.25) is 0 Å². The normalized spacial score (nSPS) is 12.0. The van der Waals surface area contributed by atoms with E-state index in [9.17, 15) is 9.18 Å². The van der Waals surface area contributed by atoms with Gasteiger partial charge in [0.25, 0.3) is 5.91 Å². The van der Waals surface area contributed by atoms with E-state index in [2.05, 4.69) is 19.2 Å². The van der Waals surface area contributed by atoms with Crippen molar-refractivity contribution in [2.45, 2.75) is 32.8 Å². The smallest absolute Gasteiger partial charge is 0.265 e. The summed E-state index contributed by atoms with van der Waals surface area (Å²) in [7, 11) is 0. The van der Waals surface area contributed by atoms with Crippen LogP contribution < -0.4 is 10.1 Å². The van der Waals surface area contributed by atoms with Gasteiger partial charge in [-0.25, -0.2) is 4.39 Å². The topological polar surface area (TPSA) is 38.3 Å². The molecule has 0 spiro atoms. The van der Waals surface area contributed by atoms with Gasteiger partial charge in [0.2, 0.25) is 0 Å². The molecule has 0 saturated heterocycles. The van der Waals surface area contributed by atoms with Crippen LogP contribution in [-0.4, -0.2) is 12.0 Å². The van der Waals surface area contributed by atoms with Crippen LogP contribution >= 0.6 is 0 Å². The lowest BCUT2D eigenvalue weighted by Crippen LogP contribution is -2.30. The zero-order valence-electron chi connectivity index (χ0n) is 13.0. The number of nitrogens with one attached hydrogen (secondary N) is 1. The van der Waals surface area contributed by atoms with Crippen LogP contribution in [0.1, 0.15) is 32.3 Å². The molecule has 0 fully saturated rings. The van der Waals surface area contributed by atoms with Crippen LogP contribution in [0.4, 0.5) is 10.1 Å². The van der Waals surface area contributed by atoms with Crippen molar-refractivity contribution in [2.24, 2.45) is 0 Å². The molecule has 2 aromatic carbocycles. The van der Waals surface area contributed by atoms with E-state index in [4.69, 9.17) is 4.74 Å². The van der Waals surface area contributed by atoms with Gasteiger partial charge in [0, 0.05) is 5.69 Å². The molecule has 0 aromatic heterocycles. The van der Waals surface area contributed by atoms with Crippen molar-refractivity contribution < 1.29 is 13.9 Å². The van der Waals surface area contributed by atoms with Crippen LogP contribution in [0, 0.1) is 5.82 Å². The molecule has 0 aliphatic rings. The number of benzene rings is 2. The summed E-state index contributed by atoms with van der Waals surface area (Å²) in [4.78, 5) is 12.2. The van der Waals surface area contributed by atoms with Gasteiger partial charge in [-0.1, -0.05) is 32.0 Å². The van der Waals surface area contributed by atoms with Gasteiger partial charge in [0.05, 0.1) is 0 Å². The molecule has 0 heterocycles. The number of amides is 1. The van der Waals surface area contributed by atoms with Gasteiger partial charge in [-0.15, -0.1) is 0 Å². The highest BCUT2D eigenvalue weighted by Crippen LogP contribution is 2.26. The molecule has 0 bridgehead atoms. The number of hydrogen-bond acceptors (Lipinski definition) is 2.